The van der Waals surface area contributed by atoms with Gasteiger partial charge in [-0.15, -0.1) is 0 Å². The molecule has 2 aromatic carbocycles. The van der Waals surface area contributed by atoms with Gasteiger partial charge in [-0.1, -0.05) is 17.7 Å². The summed E-state index contributed by atoms with van der Waals surface area (Å²) in [6.07, 6.45) is 3.42. The van der Waals surface area contributed by atoms with Gasteiger partial charge >= 0.3 is 0 Å². The highest BCUT2D eigenvalue weighted by molar-refractivity contribution is 6.30. The van der Waals surface area contributed by atoms with Crippen LogP contribution in [0.1, 0.15) is 17.5 Å². The quantitative estimate of drug-likeness (QED) is 0.692. The first-order valence-electron chi connectivity index (χ1n) is 10.2. The molecule has 6 nitrogen and oxygen atoms in total. The SMILES string of the molecule is COc1cc(OC)c(C2=CCN(C(=O)[C@@H]3COc4ccc(Cl)cc4C3)CC2)c(OC)c1. The van der Waals surface area contributed by atoms with E-state index in [1.54, 1.807) is 27.4 Å². The van der Waals surface area contributed by atoms with Gasteiger partial charge in [0.2, 0.25) is 5.91 Å². The van der Waals surface area contributed by atoms with E-state index >= 15 is 0 Å². The van der Waals surface area contributed by atoms with Crippen LogP contribution in [-0.2, 0) is 11.2 Å². The van der Waals surface area contributed by atoms with Crippen molar-refractivity contribution in [2.45, 2.75) is 12.8 Å². The average molecular weight is 444 g/mol. The minimum absolute atomic E-state index is 0.106. The third kappa shape index (κ3) is 4.30. The van der Waals surface area contributed by atoms with E-state index in [0.717, 1.165) is 22.4 Å². The minimum atomic E-state index is -0.203. The number of amides is 1. The van der Waals surface area contributed by atoms with E-state index in [1.807, 2.05) is 29.2 Å². The first kappa shape index (κ1) is 21.4. The van der Waals surface area contributed by atoms with Gasteiger partial charge in [0, 0.05) is 30.2 Å². The third-order valence-corrected chi connectivity index (χ3v) is 6.07. The van der Waals surface area contributed by atoms with Crippen molar-refractivity contribution in [3.8, 4) is 23.0 Å². The van der Waals surface area contributed by atoms with Crippen LogP contribution >= 0.6 is 11.6 Å². The summed E-state index contributed by atoms with van der Waals surface area (Å²) in [5, 5.41) is 0.656. The highest BCUT2D eigenvalue weighted by atomic mass is 35.5. The van der Waals surface area contributed by atoms with Gasteiger partial charge in [-0.25, -0.2) is 0 Å². The van der Waals surface area contributed by atoms with Crippen LogP contribution in [0.3, 0.4) is 0 Å². The molecule has 2 heterocycles. The van der Waals surface area contributed by atoms with E-state index in [4.69, 9.17) is 30.5 Å². The molecule has 0 saturated carbocycles. The fourth-order valence-corrected chi connectivity index (χ4v) is 4.39. The van der Waals surface area contributed by atoms with Crippen molar-refractivity contribution in [1.29, 1.82) is 0 Å². The molecule has 0 bridgehead atoms. The van der Waals surface area contributed by atoms with E-state index in [-0.39, 0.29) is 11.8 Å². The first-order valence-corrected chi connectivity index (χ1v) is 10.6. The zero-order valence-corrected chi connectivity index (χ0v) is 18.7. The number of nitrogens with zero attached hydrogens (tertiary/aromatic N) is 1. The lowest BCUT2D eigenvalue weighted by Gasteiger charge is -2.32. The Balaban J connectivity index is 1.50. The molecule has 4 rings (SSSR count). The van der Waals surface area contributed by atoms with Gasteiger partial charge in [0.05, 0.1) is 32.8 Å². The molecular formula is C24H26ClNO5. The van der Waals surface area contributed by atoms with Gasteiger partial charge in [-0.05, 0) is 42.2 Å². The van der Waals surface area contributed by atoms with Crippen LogP contribution in [0.2, 0.25) is 5.02 Å². The number of ether oxygens (including phenoxy) is 4. The van der Waals surface area contributed by atoms with E-state index in [1.165, 1.54) is 0 Å². The standard InChI is InChI=1S/C24H26ClNO5/c1-28-19-12-21(29-2)23(22(13-19)30-3)15-6-8-26(9-7-15)24(27)17-10-16-11-18(25)4-5-20(16)31-14-17/h4-6,11-13,17H,7-10,14H2,1-3H3/t17-/m0/s1. The van der Waals surface area contributed by atoms with Gasteiger partial charge < -0.3 is 23.8 Å². The molecule has 0 N–H and O–H groups in total. The zero-order valence-electron chi connectivity index (χ0n) is 17.9. The second-order valence-corrected chi connectivity index (χ2v) is 8.07. The predicted molar refractivity (Wildman–Crippen MR) is 119 cm³/mol. The average Bonchev–Trinajstić information content (AvgIpc) is 2.82. The van der Waals surface area contributed by atoms with Crippen LogP contribution in [0.25, 0.3) is 5.57 Å². The molecule has 2 aliphatic heterocycles. The summed E-state index contributed by atoms with van der Waals surface area (Å²) < 4.78 is 22.3. The Bertz CT molecular complexity index is 994. The Morgan fingerprint density at radius 2 is 1.84 bits per heavy atom. The van der Waals surface area contributed by atoms with Crippen LogP contribution < -0.4 is 18.9 Å². The smallest absolute Gasteiger partial charge is 0.229 e. The first-order chi connectivity index (χ1) is 15.0. The fraction of sp³-hybridized carbons (Fsp3) is 0.375. The number of hydrogen-bond acceptors (Lipinski definition) is 5. The van der Waals surface area contributed by atoms with Crippen LogP contribution in [-0.4, -0.2) is 51.8 Å². The highest BCUT2D eigenvalue weighted by Crippen LogP contribution is 2.41. The molecule has 0 aliphatic carbocycles. The van der Waals surface area contributed by atoms with E-state index < -0.39 is 0 Å². The predicted octanol–water partition coefficient (Wildman–Crippen LogP) is 4.23. The molecule has 0 fully saturated rings. The molecule has 0 saturated heterocycles. The van der Waals surface area contributed by atoms with Gasteiger partial charge in [0.1, 0.15) is 29.6 Å². The molecule has 7 heteroatoms. The van der Waals surface area contributed by atoms with Gasteiger partial charge in [-0.2, -0.15) is 0 Å². The zero-order chi connectivity index (χ0) is 22.0. The molecular weight excluding hydrogens is 418 g/mol. The molecule has 164 valence electrons. The topological polar surface area (TPSA) is 57.2 Å². The molecule has 31 heavy (non-hydrogen) atoms. The van der Waals surface area contributed by atoms with E-state index in [0.29, 0.717) is 54.8 Å². The Kier molecular flexibility index (Phi) is 6.28. The summed E-state index contributed by atoms with van der Waals surface area (Å²) in [7, 11) is 4.87. The second-order valence-electron chi connectivity index (χ2n) is 7.63. The summed E-state index contributed by atoms with van der Waals surface area (Å²) >= 11 is 6.11. The van der Waals surface area contributed by atoms with Crippen LogP contribution in [0.4, 0.5) is 0 Å². The normalized spacial score (nSPS) is 17.9. The molecule has 2 aliphatic rings. The molecule has 0 aromatic heterocycles. The molecule has 1 amide bonds. The maximum atomic E-state index is 13.1. The second kappa shape index (κ2) is 9.10. The van der Waals surface area contributed by atoms with E-state index in [9.17, 15) is 4.79 Å². The number of halogens is 1. The highest BCUT2D eigenvalue weighted by Gasteiger charge is 2.31. The Morgan fingerprint density at radius 1 is 1.10 bits per heavy atom. The monoisotopic (exact) mass is 443 g/mol. The minimum Gasteiger partial charge on any atom is -0.496 e. The number of carbonyl (C=O) groups is 1. The van der Waals surface area contributed by atoms with Gasteiger partial charge in [0.15, 0.2) is 0 Å². The molecule has 0 radical (unpaired) electrons. The summed E-state index contributed by atoms with van der Waals surface area (Å²) in [5.74, 6) is 2.77. The largest absolute Gasteiger partial charge is 0.496 e. The lowest BCUT2D eigenvalue weighted by atomic mass is 9.93. The van der Waals surface area contributed by atoms with Crippen molar-refractivity contribution in [3.63, 3.8) is 0 Å². The summed E-state index contributed by atoms with van der Waals surface area (Å²) in [6, 6.07) is 9.24. The maximum absolute atomic E-state index is 13.1. The van der Waals surface area contributed by atoms with Crippen molar-refractivity contribution in [3.05, 3.63) is 52.6 Å². The van der Waals surface area contributed by atoms with Gasteiger partial charge in [-0.3, -0.25) is 4.79 Å². The summed E-state index contributed by atoms with van der Waals surface area (Å²) in [6.45, 7) is 1.55. The van der Waals surface area contributed by atoms with Crippen molar-refractivity contribution >= 4 is 23.1 Å². The Hall–Kier alpha value is -2.86. The van der Waals surface area contributed by atoms with Crippen molar-refractivity contribution in [2.75, 3.05) is 41.0 Å². The number of fused-ring (bicyclic) bond motifs is 1. The summed E-state index contributed by atoms with van der Waals surface area (Å²) in [4.78, 5) is 15.0. The maximum Gasteiger partial charge on any atom is 0.229 e. The molecule has 1 atom stereocenters. The number of methoxy groups -OCH3 is 3. The Morgan fingerprint density at radius 3 is 2.45 bits per heavy atom. The van der Waals surface area contributed by atoms with Crippen molar-refractivity contribution in [1.82, 2.24) is 4.90 Å². The van der Waals surface area contributed by atoms with Crippen molar-refractivity contribution < 1.29 is 23.7 Å². The molecule has 0 spiro atoms. The summed E-state index contributed by atoms with van der Waals surface area (Å²) in [5.41, 5.74) is 2.98. The number of carbonyl (C=O) groups excluding carboxylic acids is 1. The molecule has 2 aromatic rings. The van der Waals surface area contributed by atoms with Crippen LogP contribution in [0.15, 0.2) is 36.4 Å². The number of rotatable bonds is 5. The third-order valence-electron chi connectivity index (χ3n) is 5.84. The lowest BCUT2D eigenvalue weighted by Crippen LogP contribution is -2.42. The fourth-order valence-electron chi connectivity index (χ4n) is 4.20. The van der Waals surface area contributed by atoms with Crippen LogP contribution in [0, 0.1) is 5.92 Å². The van der Waals surface area contributed by atoms with Crippen molar-refractivity contribution in [2.24, 2.45) is 5.92 Å². The lowest BCUT2D eigenvalue weighted by molar-refractivity contribution is -0.136. The molecule has 0 unspecified atom stereocenters. The van der Waals surface area contributed by atoms with Crippen LogP contribution in [0.5, 0.6) is 23.0 Å². The van der Waals surface area contributed by atoms with Gasteiger partial charge in [0.25, 0.3) is 0 Å². The number of benzene rings is 2. The number of hydrogen-bond donors (Lipinski definition) is 0. The van der Waals surface area contributed by atoms with E-state index in [2.05, 4.69) is 6.08 Å². The Labute approximate surface area is 187 Å².